The van der Waals surface area contributed by atoms with Gasteiger partial charge in [-0.3, -0.25) is 9.59 Å². The maximum Gasteiger partial charge on any atom is 0.243 e. The van der Waals surface area contributed by atoms with Gasteiger partial charge in [-0.2, -0.15) is 0 Å². The van der Waals surface area contributed by atoms with Gasteiger partial charge in [0.2, 0.25) is 11.8 Å². The van der Waals surface area contributed by atoms with Gasteiger partial charge in [0.15, 0.2) is 0 Å². The highest BCUT2D eigenvalue weighted by Crippen LogP contribution is 2.26. The Bertz CT molecular complexity index is 1020. The molecule has 0 heterocycles. The predicted octanol–water partition coefficient (Wildman–Crippen LogP) is 5.31. The maximum atomic E-state index is 13.6. The molecular weight excluding hydrogens is 443 g/mol. The van der Waals surface area contributed by atoms with E-state index in [1.165, 1.54) is 0 Å². The molecule has 3 aromatic rings. The summed E-state index contributed by atoms with van der Waals surface area (Å²) in [6, 6.07) is 23.8. The molecule has 32 heavy (non-hydrogen) atoms. The first-order chi connectivity index (χ1) is 15.5. The van der Waals surface area contributed by atoms with Crippen LogP contribution in [0.1, 0.15) is 23.6 Å². The number of carbonyl (C=O) groups excluding carboxylic acids is 2. The third-order valence-corrected chi connectivity index (χ3v) is 5.92. The quantitative estimate of drug-likeness (QED) is 0.462. The summed E-state index contributed by atoms with van der Waals surface area (Å²) in [6.45, 7) is 2.65. The Kier molecular flexibility index (Phi) is 8.72. The van der Waals surface area contributed by atoms with E-state index >= 15 is 0 Å². The molecule has 0 aliphatic rings. The Morgan fingerprint density at radius 3 is 1.97 bits per heavy atom. The SMILES string of the molecule is CCNC(=O)[C@H](Cc1ccccc1)N(Cc1ccccc1)C(=O)Cc1c(Cl)cccc1Cl. The van der Waals surface area contributed by atoms with Crippen LogP contribution in [0.15, 0.2) is 78.9 Å². The number of likely N-dealkylation sites (N-methyl/N-ethyl adjacent to an activating group) is 1. The van der Waals surface area contributed by atoms with Gasteiger partial charge in [-0.25, -0.2) is 0 Å². The van der Waals surface area contributed by atoms with E-state index in [2.05, 4.69) is 5.32 Å². The monoisotopic (exact) mass is 468 g/mol. The molecule has 0 fully saturated rings. The topological polar surface area (TPSA) is 49.4 Å². The number of nitrogens with zero attached hydrogens (tertiary/aromatic N) is 1. The summed E-state index contributed by atoms with van der Waals surface area (Å²) in [7, 11) is 0. The third-order valence-electron chi connectivity index (χ3n) is 5.21. The van der Waals surface area contributed by atoms with Gasteiger partial charge in [-0.15, -0.1) is 0 Å². The molecule has 4 nitrogen and oxygen atoms in total. The minimum atomic E-state index is -0.675. The number of amides is 2. The molecular formula is C26H26Cl2N2O2. The predicted molar refractivity (Wildman–Crippen MR) is 130 cm³/mol. The smallest absolute Gasteiger partial charge is 0.243 e. The summed E-state index contributed by atoms with van der Waals surface area (Å²) >= 11 is 12.7. The lowest BCUT2D eigenvalue weighted by Crippen LogP contribution is -2.51. The highest BCUT2D eigenvalue weighted by molar-refractivity contribution is 6.36. The first-order valence-corrected chi connectivity index (χ1v) is 11.3. The van der Waals surface area contributed by atoms with Gasteiger partial charge in [-0.1, -0.05) is 89.9 Å². The molecule has 0 saturated heterocycles. The average molecular weight is 469 g/mol. The van der Waals surface area contributed by atoms with Crippen LogP contribution >= 0.6 is 23.2 Å². The molecule has 0 bridgehead atoms. The van der Waals surface area contributed by atoms with Crippen molar-refractivity contribution in [2.45, 2.75) is 32.4 Å². The first-order valence-electron chi connectivity index (χ1n) is 10.6. The van der Waals surface area contributed by atoms with E-state index in [-0.39, 0.29) is 18.2 Å². The lowest BCUT2D eigenvalue weighted by atomic mass is 10.0. The van der Waals surface area contributed by atoms with E-state index in [1.807, 2.05) is 67.6 Å². The first kappa shape index (κ1) is 23.8. The van der Waals surface area contributed by atoms with Gasteiger partial charge in [-0.05, 0) is 35.7 Å². The van der Waals surface area contributed by atoms with Crippen LogP contribution in [0.4, 0.5) is 0 Å². The standard InChI is InChI=1S/C26H26Cl2N2O2/c1-2-29-26(32)24(16-19-10-5-3-6-11-19)30(18-20-12-7-4-8-13-20)25(31)17-21-22(27)14-9-15-23(21)28/h3-15,24H,2,16-18H2,1H3,(H,29,32)/t24-/m0/s1. The minimum absolute atomic E-state index is 0.00996. The number of carbonyl (C=O) groups is 2. The molecule has 0 aromatic heterocycles. The fraction of sp³-hybridized carbons (Fsp3) is 0.231. The second-order valence-electron chi connectivity index (χ2n) is 7.48. The average Bonchev–Trinajstić information content (AvgIpc) is 2.80. The van der Waals surface area contributed by atoms with Crippen LogP contribution in [0, 0.1) is 0 Å². The van der Waals surface area contributed by atoms with E-state index in [0.717, 1.165) is 11.1 Å². The fourth-order valence-electron chi connectivity index (χ4n) is 3.58. The van der Waals surface area contributed by atoms with Crippen LogP contribution in [-0.4, -0.2) is 29.3 Å². The molecule has 0 radical (unpaired) electrons. The number of hydrogen-bond donors (Lipinski definition) is 1. The molecule has 1 atom stereocenters. The molecule has 6 heteroatoms. The summed E-state index contributed by atoms with van der Waals surface area (Å²) in [5, 5.41) is 3.76. The van der Waals surface area contributed by atoms with Crippen LogP contribution in [0.2, 0.25) is 10.0 Å². The van der Waals surface area contributed by atoms with Crippen LogP contribution in [-0.2, 0) is 29.0 Å². The molecule has 166 valence electrons. The molecule has 1 N–H and O–H groups in total. The van der Waals surface area contributed by atoms with E-state index in [0.29, 0.717) is 35.1 Å². The normalized spacial score (nSPS) is 11.6. The number of nitrogens with one attached hydrogen (secondary N) is 1. The summed E-state index contributed by atoms with van der Waals surface area (Å²) in [5.74, 6) is -0.401. The fourth-order valence-corrected chi connectivity index (χ4v) is 4.11. The highest BCUT2D eigenvalue weighted by Gasteiger charge is 2.30. The van der Waals surface area contributed by atoms with Crippen molar-refractivity contribution in [2.75, 3.05) is 6.54 Å². The zero-order valence-corrected chi connectivity index (χ0v) is 19.4. The van der Waals surface area contributed by atoms with E-state index in [9.17, 15) is 9.59 Å². The number of rotatable bonds is 9. The molecule has 0 saturated carbocycles. The van der Waals surface area contributed by atoms with E-state index in [4.69, 9.17) is 23.2 Å². The summed E-state index contributed by atoms with van der Waals surface area (Å²) in [5.41, 5.74) is 2.48. The second-order valence-corrected chi connectivity index (χ2v) is 8.30. The van der Waals surface area contributed by atoms with Crippen molar-refractivity contribution in [3.05, 3.63) is 106 Å². The summed E-state index contributed by atoms with van der Waals surface area (Å²) in [4.78, 5) is 28.3. The van der Waals surface area contributed by atoms with Crippen LogP contribution in [0.5, 0.6) is 0 Å². The van der Waals surface area contributed by atoms with Crippen molar-refractivity contribution in [3.63, 3.8) is 0 Å². The zero-order valence-electron chi connectivity index (χ0n) is 17.9. The molecule has 3 rings (SSSR count). The largest absolute Gasteiger partial charge is 0.355 e. The lowest BCUT2D eigenvalue weighted by molar-refractivity contribution is -0.140. The van der Waals surface area contributed by atoms with Gasteiger partial charge in [0, 0.05) is 29.6 Å². The van der Waals surface area contributed by atoms with Gasteiger partial charge >= 0.3 is 0 Å². The molecule has 2 amide bonds. The highest BCUT2D eigenvalue weighted by atomic mass is 35.5. The molecule has 0 spiro atoms. The van der Waals surface area contributed by atoms with E-state index < -0.39 is 6.04 Å². The Morgan fingerprint density at radius 2 is 1.41 bits per heavy atom. The van der Waals surface area contributed by atoms with Crippen molar-refractivity contribution < 1.29 is 9.59 Å². The van der Waals surface area contributed by atoms with Crippen LogP contribution in [0.25, 0.3) is 0 Å². The molecule has 3 aromatic carbocycles. The summed E-state index contributed by atoms with van der Waals surface area (Å²) in [6.07, 6.45) is 0.414. The number of benzene rings is 3. The minimum Gasteiger partial charge on any atom is -0.355 e. The molecule has 0 aliphatic heterocycles. The zero-order chi connectivity index (χ0) is 22.9. The Labute approximate surface area is 199 Å². The van der Waals surface area contributed by atoms with Crippen LogP contribution in [0.3, 0.4) is 0 Å². The van der Waals surface area contributed by atoms with Crippen molar-refractivity contribution in [1.82, 2.24) is 10.2 Å². The second kappa shape index (κ2) is 11.7. The van der Waals surface area contributed by atoms with Crippen molar-refractivity contribution in [1.29, 1.82) is 0 Å². The van der Waals surface area contributed by atoms with Gasteiger partial charge in [0.25, 0.3) is 0 Å². The van der Waals surface area contributed by atoms with Gasteiger partial charge in [0.05, 0.1) is 6.42 Å². The Balaban J connectivity index is 1.97. The maximum absolute atomic E-state index is 13.6. The van der Waals surface area contributed by atoms with Crippen molar-refractivity contribution in [3.8, 4) is 0 Å². The van der Waals surface area contributed by atoms with Crippen molar-refractivity contribution in [2.24, 2.45) is 0 Å². The van der Waals surface area contributed by atoms with Gasteiger partial charge in [0.1, 0.15) is 6.04 Å². The third kappa shape index (κ3) is 6.35. The van der Waals surface area contributed by atoms with Gasteiger partial charge < -0.3 is 10.2 Å². The number of hydrogen-bond acceptors (Lipinski definition) is 2. The van der Waals surface area contributed by atoms with Crippen molar-refractivity contribution >= 4 is 35.0 Å². The van der Waals surface area contributed by atoms with E-state index in [1.54, 1.807) is 23.1 Å². The Hall–Kier alpha value is -2.82. The molecule has 0 aliphatic carbocycles. The molecule has 0 unspecified atom stereocenters. The van der Waals surface area contributed by atoms with Crippen LogP contribution < -0.4 is 5.32 Å². The number of halogens is 2. The lowest BCUT2D eigenvalue weighted by Gasteiger charge is -2.31. The summed E-state index contributed by atoms with van der Waals surface area (Å²) < 4.78 is 0. The Morgan fingerprint density at radius 1 is 0.844 bits per heavy atom.